The van der Waals surface area contributed by atoms with Crippen LogP contribution in [0.25, 0.3) is 0 Å². The molecule has 3 aromatic rings. The SMILES string of the molecule is CCOC(=O)n1nc(NC(=O)c2ccc(N3CCN(C4CC4)CC3)cc2)c2c1CN(C(=O)[C@H](OC)c1ccccc1)C2. The number of nitrogens with one attached hydrogen (secondary N) is 1. The van der Waals surface area contributed by atoms with E-state index in [1.807, 2.05) is 42.5 Å². The highest BCUT2D eigenvalue weighted by atomic mass is 16.6. The maximum atomic E-state index is 13.5. The standard InChI is InChI=1S/C31H36N6O5/c1-3-42-31(40)37-26-20-36(30(39)27(41-2)21-7-5-4-6-8-21)19-25(26)28(33-37)32-29(38)22-9-11-23(12-10-22)34-15-17-35(18-16-34)24-13-14-24/h4-12,24,27H,3,13-20H2,1-2H3,(H,32,33,38)/t27-/m1/s1. The number of carbonyl (C=O) groups is 3. The zero-order chi connectivity index (χ0) is 29.2. The zero-order valence-corrected chi connectivity index (χ0v) is 24.0. The van der Waals surface area contributed by atoms with Crippen LogP contribution in [0.1, 0.15) is 53.0 Å². The van der Waals surface area contributed by atoms with Gasteiger partial charge in [-0.1, -0.05) is 30.3 Å². The Morgan fingerprint density at radius 1 is 0.976 bits per heavy atom. The number of methoxy groups -OCH3 is 1. The summed E-state index contributed by atoms with van der Waals surface area (Å²) < 4.78 is 11.9. The second kappa shape index (κ2) is 11.9. The molecule has 11 nitrogen and oxygen atoms in total. The van der Waals surface area contributed by atoms with E-state index in [1.54, 1.807) is 24.0 Å². The second-order valence-corrected chi connectivity index (χ2v) is 10.9. The predicted octanol–water partition coefficient (Wildman–Crippen LogP) is 3.65. The molecule has 11 heteroatoms. The summed E-state index contributed by atoms with van der Waals surface area (Å²) in [5, 5.41) is 7.24. The van der Waals surface area contributed by atoms with Crippen molar-refractivity contribution in [3.63, 3.8) is 0 Å². The third-order valence-electron chi connectivity index (χ3n) is 8.20. The van der Waals surface area contributed by atoms with Gasteiger partial charge in [-0.3, -0.25) is 14.5 Å². The number of aromatic nitrogens is 2. The molecule has 1 saturated heterocycles. The third-order valence-corrected chi connectivity index (χ3v) is 8.20. The molecule has 0 unspecified atom stereocenters. The van der Waals surface area contributed by atoms with Crippen LogP contribution in [0.5, 0.6) is 0 Å². The van der Waals surface area contributed by atoms with Crippen LogP contribution in [0.15, 0.2) is 54.6 Å². The first-order valence-corrected chi connectivity index (χ1v) is 14.5. The van der Waals surface area contributed by atoms with Gasteiger partial charge in [0.1, 0.15) is 0 Å². The summed E-state index contributed by atoms with van der Waals surface area (Å²) in [6.45, 7) is 6.26. The maximum absolute atomic E-state index is 13.5. The lowest BCUT2D eigenvalue weighted by atomic mass is 10.1. The molecule has 42 heavy (non-hydrogen) atoms. The number of rotatable bonds is 8. The lowest BCUT2D eigenvalue weighted by Crippen LogP contribution is -2.47. The summed E-state index contributed by atoms with van der Waals surface area (Å²) in [5.74, 6) is -0.367. The van der Waals surface area contributed by atoms with Crippen LogP contribution >= 0.6 is 0 Å². The van der Waals surface area contributed by atoms with E-state index < -0.39 is 12.2 Å². The number of ether oxygens (including phenoxy) is 2. The molecule has 0 bridgehead atoms. The lowest BCUT2D eigenvalue weighted by Gasteiger charge is -2.36. The summed E-state index contributed by atoms with van der Waals surface area (Å²) in [7, 11) is 1.49. The van der Waals surface area contributed by atoms with Gasteiger partial charge in [-0.05, 0) is 49.6 Å². The monoisotopic (exact) mass is 572 g/mol. The fourth-order valence-electron chi connectivity index (χ4n) is 5.79. The number of anilines is 2. The van der Waals surface area contributed by atoms with Crippen molar-refractivity contribution in [3.05, 3.63) is 77.0 Å². The summed E-state index contributed by atoms with van der Waals surface area (Å²) in [5.41, 5.74) is 3.40. The van der Waals surface area contributed by atoms with E-state index in [1.165, 1.54) is 20.0 Å². The van der Waals surface area contributed by atoms with Gasteiger partial charge in [-0.15, -0.1) is 5.10 Å². The fraction of sp³-hybridized carbons (Fsp3) is 0.419. The average molecular weight is 573 g/mol. The molecule has 2 aliphatic heterocycles. The number of amides is 2. The van der Waals surface area contributed by atoms with Crippen molar-refractivity contribution in [1.29, 1.82) is 0 Å². The van der Waals surface area contributed by atoms with Gasteiger partial charge in [-0.25, -0.2) is 4.79 Å². The van der Waals surface area contributed by atoms with E-state index in [0.29, 0.717) is 16.8 Å². The van der Waals surface area contributed by atoms with Crippen molar-refractivity contribution >= 4 is 29.4 Å². The highest BCUT2D eigenvalue weighted by molar-refractivity contribution is 6.04. The van der Waals surface area contributed by atoms with Gasteiger partial charge in [0.25, 0.3) is 11.8 Å². The fourth-order valence-corrected chi connectivity index (χ4v) is 5.79. The summed E-state index contributed by atoms with van der Waals surface area (Å²) >= 11 is 0. The van der Waals surface area contributed by atoms with E-state index in [-0.39, 0.29) is 37.3 Å². The van der Waals surface area contributed by atoms with E-state index in [2.05, 4.69) is 20.2 Å². The highest BCUT2D eigenvalue weighted by Crippen LogP contribution is 2.33. The first-order valence-electron chi connectivity index (χ1n) is 14.5. The molecule has 1 aromatic heterocycles. The second-order valence-electron chi connectivity index (χ2n) is 10.9. The van der Waals surface area contributed by atoms with Crippen molar-refractivity contribution in [2.24, 2.45) is 0 Å². The van der Waals surface area contributed by atoms with Crippen molar-refractivity contribution < 1.29 is 23.9 Å². The molecule has 1 saturated carbocycles. The lowest BCUT2D eigenvalue weighted by molar-refractivity contribution is -0.143. The summed E-state index contributed by atoms with van der Waals surface area (Å²) in [4.78, 5) is 46.0. The van der Waals surface area contributed by atoms with E-state index in [9.17, 15) is 14.4 Å². The normalized spacial score (nSPS) is 17.6. The minimum atomic E-state index is -0.799. The molecule has 2 amide bonds. The minimum Gasteiger partial charge on any atom is -0.448 e. The van der Waals surface area contributed by atoms with E-state index in [4.69, 9.17) is 9.47 Å². The summed E-state index contributed by atoms with van der Waals surface area (Å²) in [6, 6.07) is 17.6. The Hall–Kier alpha value is -4.22. The van der Waals surface area contributed by atoms with Gasteiger partial charge in [0.15, 0.2) is 11.9 Å². The minimum absolute atomic E-state index is 0.130. The average Bonchev–Trinajstić information content (AvgIpc) is 3.69. The first-order chi connectivity index (χ1) is 20.5. The van der Waals surface area contributed by atoms with Gasteiger partial charge in [-0.2, -0.15) is 4.68 Å². The van der Waals surface area contributed by atoms with Gasteiger partial charge in [0.2, 0.25) is 0 Å². The quantitative estimate of drug-likeness (QED) is 0.436. The van der Waals surface area contributed by atoms with Crippen molar-refractivity contribution in [3.8, 4) is 0 Å². The van der Waals surface area contributed by atoms with Crippen LogP contribution in [0.3, 0.4) is 0 Å². The smallest absolute Gasteiger partial charge is 0.435 e. The maximum Gasteiger partial charge on any atom is 0.435 e. The number of benzene rings is 2. The number of hydrogen-bond acceptors (Lipinski definition) is 8. The largest absolute Gasteiger partial charge is 0.448 e. The zero-order valence-electron chi connectivity index (χ0n) is 24.0. The molecule has 1 N–H and O–H groups in total. The summed E-state index contributed by atoms with van der Waals surface area (Å²) in [6.07, 6.45) is 1.18. The predicted molar refractivity (Wildman–Crippen MR) is 156 cm³/mol. The molecule has 1 aliphatic carbocycles. The Labute approximate surface area is 245 Å². The molecule has 3 heterocycles. The Balaban J connectivity index is 1.17. The molecule has 220 valence electrons. The molecular weight excluding hydrogens is 536 g/mol. The highest BCUT2D eigenvalue weighted by Gasteiger charge is 2.37. The molecule has 2 aromatic carbocycles. The van der Waals surface area contributed by atoms with Gasteiger partial charge in [0, 0.05) is 56.1 Å². The van der Waals surface area contributed by atoms with Crippen LogP contribution in [0, 0.1) is 0 Å². The number of piperazine rings is 1. The third kappa shape index (κ3) is 5.62. The molecule has 0 radical (unpaired) electrons. The van der Waals surface area contributed by atoms with Crippen LogP contribution in [-0.4, -0.2) is 83.4 Å². The Morgan fingerprint density at radius 2 is 1.69 bits per heavy atom. The number of carbonyl (C=O) groups excluding carboxylic acids is 3. The molecule has 6 rings (SSSR count). The Kier molecular flexibility index (Phi) is 7.94. The Bertz CT molecular complexity index is 1440. The first kappa shape index (κ1) is 27.9. The number of fused-ring (bicyclic) bond motifs is 1. The molecule has 2 fully saturated rings. The van der Waals surface area contributed by atoms with Crippen molar-refractivity contribution in [2.75, 3.05) is 50.1 Å². The van der Waals surface area contributed by atoms with Gasteiger partial charge >= 0.3 is 6.09 Å². The van der Waals surface area contributed by atoms with Crippen LogP contribution in [-0.2, 0) is 27.4 Å². The van der Waals surface area contributed by atoms with Gasteiger partial charge in [0.05, 0.1) is 25.4 Å². The van der Waals surface area contributed by atoms with E-state index in [0.717, 1.165) is 48.2 Å². The van der Waals surface area contributed by atoms with Crippen LogP contribution in [0.4, 0.5) is 16.3 Å². The topological polar surface area (TPSA) is 109 Å². The van der Waals surface area contributed by atoms with E-state index >= 15 is 0 Å². The van der Waals surface area contributed by atoms with Crippen molar-refractivity contribution in [1.82, 2.24) is 19.6 Å². The van der Waals surface area contributed by atoms with Crippen LogP contribution in [0.2, 0.25) is 0 Å². The van der Waals surface area contributed by atoms with Crippen molar-refractivity contribution in [2.45, 2.75) is 45.0 Å². The molecular formula is C31H36N6O5. The molecule has 1 atom stereocenters. The number of hydrogen-bond donors (Lipinski definition) is 1. The molecule has 0 spiro atoms. The number of nitrogens with zero attached hydrogens (tertiary/aromatic N) is 5. The van der Waals surface area contributed by atoms with Gasteiger partial charge < -0.3 is 24.6 Å². The molecule has 3 aliphatic rings. The van der Waals surface area contributed by atoms with Crippen LogP contribution < -0.4 is 10.2 Å². The Morgan fingerprint density at radius 3 is 2.33 bits per heavy atom.